The number of hydrogen-bond acceptors (Lipinski definition) is 1. The van der Waals surface area contributed by atoms with Crippen LogP contribution in [0.4, 0.5) is 0 Å². The van der Waals surface area contributed by atoms with E-state index < -0.39 is 0 Å². The minimum atomic E-state index is 0.470. The van der Waals surface area contributed by atoms with Crippen molar-refractivity contribution in [1.29, 1.82) is 0 Å². The molecule has 0 bridgehead atoms. The van der Waals surface area contributed by atoms with Crippen LogP contribution in [-0.2, 0) is 0 Å². The Hall–Kier alpha value is -0.530. The lowest BCUT2D eigenvalue weighted by molar-refractivity contribution is 0.411. The lowest BCUT2D eigenvalue weighted by Crippen LogP contribution is -2.27. The zero-order valence-electron chi connectivity index (χ0n) is 8.52. The molecule has 0 saturated carbocycles. The Kier molecular flexibility index (Phi) is 3.09. The highest BCUT2D eigenvalue weighted by atomic mass is 35.5. The molecule has 14 heavy (non-hydrogen) atoms. The van der Waals surface area contributed by atoms with Crippen LogP contribution in [0.5, 0.6) is 0 Å². The number of aryl methyl sites for hydroxylation is 1. The van der Waals surface area contributed by atoms with Gasteiger partial charge in [0.05, 0.1) is 0 Å². The van der Waals surface area contributed by atoms with Crippen molar-refractivity contribution in [3.05, 3.63) is 34.3 Å². The van der Waals surface area contributed by atoms with Crippen LogP contribution in [0.25, 0.3) is 0 Å². The summed E-state index contributed by atoms with van der Waals surface area (Å²) in [6, 6.07) is 6.61. The van der Waals surface area contributed by atoms with Crippen LogP contribution < -0.4 is 5.32 Å². The molecule has 76 valence electrons. The topological polar surface area (TPSA) is 12.0 Å². The van der Waals surface area contributed by atoms with Gasteiger partial charge in [-0.3, -0.25) is 0 Å². The summed E-state index contributed by atoms with van der Waals surface area (Å²) in [7, 11) is 0. The molecule has 0 unspecified atom stereocenters. The Balaban J connectivity index is 2.29. The van der Waals surface area contributed by atoms with Crippen molar-refractivity contribution in [3.8, 4) is 0 Å². The fraction of sp³-hybridized carbons (Fsp3) is 0.500. The molecule has 0 radical (unpaired) electrons. The van der Waals surface area contributed by atoms with Crippen LogP contribution in [0.2, 0.25) is 5.02 Å². The number of benzene rings is 1. The molecule has 0 spiro atoms. The van der Waals surface area contributed by atoms with E-state index in [0.29, 0.717) is 6.04 Å². The third-order valence-corrected chi connectivity index (χ3v) is 3.26. The fourth-order valence-electron chi connectivity index (χ4n) is 2.18. The molecular weight excluding hydrogens is 194 g/mol. The minimum absolute atomic E-state index is 0.470. The van der Waals surface area contributed by atoms with Crippen LogP contribution in [0.3, 0.4) is 0 Å². The highest BCUT2D eigenvalue weighted by Gasteiger charge is 2.18. The van der Waals surface area contributed by atoms with Crippen LogP contribution in [0.15, 0.2) is 18.2 Å². The van der Waals surface area contributed by atoms with E-state index in [2.05, 4.69) is 18.3 Å². The molecule has 1 aliphatic heterocycles. The molecule has 1 atom stereocenters. The second kappa shape index (κ2) is 4.33. The van der Waals surface area contributed by atoms with Gasteiger partial charge in [0.15, 0.2) is 0 Å². The van der Waals surface area contributed by atoms with Gasteiger partial charge in [-0.15, -0.1) is 0 Å². The van der Waals surface area contributed by atoms with Crippen molar-refractivity contribution in [1.82, 2.24) is 5.32 Å². The van der Waals surface area contributed by atoms with Gasteiger partial charge in [0.1, 0.15) is 0 Å². The number of halogens is 1. The lowest BCUT2D eigenvalue weighted by atomic mass is 9.94. The first kappa shape index (κ1) is 10.0. The van der Waals surface area contributed by atoms with E-state index in [1.54, 1.807) is 0 Å². The summed E-state index contributed by atoms with van der Waals surface area (Å²) in [6.45, 7) is 3.26. The standard InChI is InChI=1S/C12H16ClN/c1-9-5-4-6-10(13)12(9)11-7-2-3-8-14-11/h4-6,11,14H,2-3,7-8H2,1H3/t11-/m1/s1. The van der Waals surface area contributed by atoms with E-state index in [4.69, 9.17) is 11.6 Å². The average molecular weight is 210 g/mol. The summed E-state index contributed by atoms with van der Waals surface area (Å²) in [4.78, 5) is 0. The quantitative estimate of drug-likeness (QED) is 0.747. The fourth-order valence-corrected chi connectivity index (χ4v) is 2.54. The smallest absolute Gasteiger partial charge is 0.0456 e. The van der Waals surface area contributed by atoms with Crippen LogP contribution >= 0.6 is 11.6 Å². The van der Waals surface area contributed by atoms with Gasteiger partial charge in [0.2, 0.25) is 0 Å². The summed E-state index contributed by atoms with van der Waals surface area (Å²) in [5, 5.41) is 4.44. The maximum Gasteiger partial charge on any atom is 0.0456 e. The molecule has 1 aliphatic rings. The van der Waals surface area contributed by atoms with E-state index >= 15 is 0 Å². The molecule has 0 aromatic heterocycles. The first-order valence-corrected chi connectivity index (χ1v) is 5.65. The number of nitrogens with one attached hydrogen (secondary N) is 1. The SMILES string of the molecule is Cc1cccc(Cl)c1[C@H]1CCCCN1. The Morgan fingerprint density at radius 2 is 2.21 bits per heavy atom. The molecule has 2 heteroatoms. The molecule has 1 N–H and O–H groups in total. The van der Waals surface area contributed by atoms with Crippen molar-refractivity contribution in [2.24, 2.45) is 0 Å². The average Bonchev–Trinajstić information content (AvgIpc) is 2.19. The van der Waals surface area contributed by atoms with E-state index in [1.165, 1.54) is 30.4 Å². The maximum atomic E-state index is 6.22. The zero-order valence-corrected chi connectivity index (χ0v) is 9.27. The van der Waals surface area contributed by atoms with Gasteiger partial charge in [-0.05, 0) is 43.5 Å². The normalized spacial score (nSPS) is 22.3. The summed E-state index contributed by atoms with van der Waals surface area (Å²) < 4.78 is 0. The highest BCUT2D eigenvalue weighted by molar-refractivity contribution is 6.31. The maximum absolute atomic E-state index is 6.22. The van der Waals surface area contributed by atoms with E-state index in [1.807, 2.05) is 12.1 Å². The van der Waals surface area contributed by atoms with Crippen molar-refractivity contribution in [2.45, 2.75) is 32.2 Å². The van der Waals surface area contributed by atoms with Crippen LogP contribution in [0.1, 0.15) is 36.4 Å². The van der Waals surface area contributed by atoms with Crippen molar-refractivity contribution in [3.63, 3.8) is 0 Å². The second-order valence-electron chi connectivity index (χ2n) is 3.97. The molecule has 1 heterocycles. The van der Waals surface area contributed by atoms with Gasteiger partial charge in [0, 0.05) is 11.1 Å². The Labute approximate surface area is 90.5 Å². The lowest BCUT2D eigenvalue weighted by Gasteiger charge is -2.26. The predicted octanol–water partition coefficient (Wildman–Crippen LogP) is 3.46. The summed E-state index contributed by atoms with van der Waals surface area (Å²) in [6.07, 6.45) is 3.81. The Bertz CT molecular complexity index is 296. The van der Waals surface area contributed by atoms with Gasteiger partial charge in [-0.2, -0.15) is 0 Å². The van der Waals surface area contributed by atoms with Gasteiger partial charge in [-0.25, -0.2) is 0 Å². The number of hydrogen-bond donors (Lipinski definition) is 1. The molecule has 1 saturated heterocycles. The van der Waals surface area contributed by atoms with Gasteiger partial charge in [-0.1, -0.05) is 30.2 Å². The summed E-state index contributed by atoms with van der Waals surface area (Å²) in [5.74, 6) is 0. The molecule has 1 fully saturated rings. The Morgan fingerprint density at radius 1 is 1.36 bits per heavy atom. The predicted molar refractivity (Wildman–Crippen MR) is 60.8 cm³/mol. The number of piperidine rings is 1. The van der Waals surface area contributed by atoms with Gasteiger partial charge >= 0.3 is 0 Å². The van der Waals surface area contributed by atoms with Crippen LogP contribution in [0, 0.1) is 6.92 Å². The molecule has 0 amide bonds. The minimum Gasteiger partial charge on any atom is -0.310 e. The molecule has 0 aliphatic carbocycles. The van der Waals surface area contributed by atoms with Crippen molar-refractivity contribution < 1.29 is 0 Å². The summed E-state index contributed by atoms with van der Waals surface area (Å²) in [5.41, 5.74) is 2.60. The van der Waals surface area contributed by atoms with Crippen LogP contribution in [-0.4, -0.2) is 6.54 Å². The van der Waals surface area contributed by atoms with Crippen molar-refractivity contribution in [2.75, 3.05) is 6.54 Å². The Morgan fingerprint density at radius 3 is 2.86 bits per heavy atom. The third kappa shape index (κ3) is 1.94. The van der Waals surface area contributed by atoms with E-state index in [-0.39, 0.29) is 0 Å². The van der Waals surface area contributed by atoms with Gasteiger partial charge in [0.25, 0.3) is 0 Å². The molecular formula is C12H16ClN. The summed E-state index contributed by atoms with van der Waals surface area (Å²) >= 11 is 6.22. The van der Waals surface area contributed by atoms with E-state index in [0.717, 1.165) is 11.6 Å². The highest BCUT2D eigenvalue weighted by Crippen LogP contribution is 2.31. The molecule has 2 rings (SSSR count). The molecule has 1 nitrogen and oxygen atoms in total. The zero-order chi connectivity index (χ0) is 9.97. The second-order valence-corrected chi connectivity index (χ2v) is 4.38. The molecule has 1 aromatic rings. The van der Waals surface area contributed by atoms with Gasteiger partial charge < -0.3 is 5.32 Å². The molecule has 1 aromatic carbocycles. The third-order valence-electron chi connectivity index (χ3n) is 2.93. The van der Waals surface area contributed by atoms with E-state index in [9.17, 15) is 0 Å². The number of rotatable bonds is 1. The first-order valence-electron chi connectivity index (χ1n) is 5.27. The first-order chi connectivity index (χ1) is 6.79. The largest absolute Gasteiger partial charge is 0.310 e. The van der Waals surface area contributed by atoms with Crippen molar-refractivity contribution >= 4 is 11.6 Å². The monoisotopic (exact) mass is 209 g/mol.